The number of carbonyl (C=O) groups excluding carboxylic acids is 1. The summed E-state index contributed by atoms with van der Waals surface area (Å²) in [6.45, 7) is 7.60. The van der Waals surface area contributed by atoms with Crippen molar-refractivity contribution in [2.75, 3.05) is 46.3 Å². The second-order valence-corrected chi connectivity index (χ2v) is 5.54. The third kappa shape index (κ3) is 5.46. The van der Waals surface area contributed by atoms with Crippen LogP contribution in [0.1, 0.15) is 20.3 Å². The summed E-state index contributed by atoms with van der Waals surface area (Å²) in [4.78, 5) is 28.2. The summed E-state index contributed by atoms with van der Waals surface area (Å²) in [5, 5.41) is 8.72. The summed E-state index contributed by atoms with van der Waals surface area (Å²) in [5.74, 6) is -0.225. The summed E-state index contributed by atoms with van der Waals surface area (Å²) < 4.78 is 0. The Morgan fingerprint density at radius 2 is 1.79 bits per heavy atom. The first-order valence-electron chi connectivity index (χ1n) is 6.84. The first kappa shape index (κ1) is 15.8. The summed E-state index contributed by atoms with van der Waals surface area (Å²) in [7, 11) is 1.83. The fourth-order valence-electron chi connectivity index (χ4n) is 2.08. The SMILES string of the molecule is CC(C)CCN(C)C(=O)N1CCN(CC(=O)O)CC1. The van der Waals surface area contributed by atoms with Crippen molar-refractivity contribution in [1.29, 1.82) is 0 Å². The molecule has 1 N–H and O–H groups in total. The molecule has 0 unspecified atom stereocenters. The first-order chi connectivity index (χ1) is 8.90. The monoisotopic (exact) mass is 271 g/mol. The Morgan fingerprint density at radius 3 is 2.26 bits per heavy atom. The number of amides is 2. The number of carboxylic acid groups (broad SMARTS) is 1. The highest BCUT2D eigenvalue weighted by Gasteiger charge is 2.24. The number of hydrogen-bond donors (Lipinski definition) is 1. The molecule has 1 aliphatic rings. The maximum Gasteiger partial charge on any atom is 0.319 e. The van der Waals surface area contributed by atoms with Gasteiger partial charge in [-0.1, -0.05) is 13.8 Å². The van der Waals surface area contributed by atoms with Gasteiger partial charge in [-0.15, -0.1) is 0 Å². The highest BCUT2D eigenvalue weighted by atomic mass is 16.4. The number of carbonyl (C=O) groups is 2. The van der Waals surface area contributed by atoms with E-state index in [0.29, 0.717) is 32.1 Å². The van der Waals surface area contributed by atoms with Gasteiger partial charge in [0.25, 0.3) is 0 Å². The Balaban J connectivity index is 2.33. The molecule has 1 fully saturated rings. The second kappa shape index (κ2) is 7.33. The van der Waals surface area contributed by atoms with Gasteiger partial charge in [-0.2, -0.15) is 0 Å². The molecule has 0 aromatic rings. The van der Waals surface area contributed by atoms with Crippen LogP contribution in [-0.4, -0.2) is 78.1 Å². The molecule has 1 saturated heterocycles. The summed E-state index contributed by atoms with van der Waals surface area (Å²) >= 11 is 0. The van der Waals surface area contributed by atoms with Gasteiger partial charge in [0.2, 0.25) is 0 Å². The first-order valence-corrected chi connectivity index (χ1v) is 6.84. The van der Waals surface area contributed by atoms with E-state index in [-0.39, 0.29) is 12.6 Å². The number of carboxylic acids is 1. The molecule has 0 aromatic carbocycles. The smallest absolute Gasteiger partial charge is 0.319 e. The van der Waals surface area contributed by atoms with Crippen LogP contribution in [0.2, 0.25) is 0 Å². The van der Waals surface area contributed by atoms with Crippen molar-refractivity contribution in [3.63, 3.8) is 0 Å². The van der Waals surface area contributed by atoms with E-state index in [1.165, 1.54) is 0 Å². The van der Waals surface area contributed by atoms with Gasteiger partial charge in [0.1, 0.15) is 0 Å². The van der Waals surface area contributed by atoms with Crippen LogP contribution in [0.5, 0.6) is 0 Å². The fourth-order valence-corrected chi connectivity index (χ4v) is 2.08. The maximum absolute atomic E-state index is 12.2. The predicted octanol–water partition coefficient (Wildman–Crippen LogP) is 0.787. The molecule has 1 heterocycles. The minimum absolute atomic E-state index is 0.0515. The topological polar surface area (TPSA) is 64.1 Å². The highest BCUT2D eigenvalue weighted by molar-refractivity contribution is 5.74. The third-order valence-electron chi connectivity index (χ3n) is 3.37. The van der Waals surface area contributed by atoms with Crippen LogP contribution < -0.4 is 0 Å². The highest BCUT2D eigenvalue weighted by Crippen LogP contribution is 2.07. The zero-order valence-corrected chi connectivity index (χ0v) is 12.1. The van der Waals surface area contributed by atoms with Gasteiger partial charge >= 0.3 is 12.0 Å². The van der Waals surface area contributed by atoms with E-state index in [1.54, 1.807) is 9.80 Å². The van der Waals surface area contributed by atoms with Crippen molar-refractivity contribution in [2.24, 2.45) is 5.92 Å². The number of urea groups is 1. The number of hydrogen-bond acceptors (Lipinski definition) is 3. The molecule has 6 nitrogen and oxygen atoms in total. The van der Waals surface area contributed by atoms with Crippen LogP contribution in [-0.2, 0) is 4.79 Å². The summed E-state index contributed by atoms with van der Waals surface area (Å²) in [5.41, 5.74) is 0. The normalized spacial score (nSPS) is 16.7. The van der Waals surface area contributed by atoms with E-state index < -0.39 is 5.97 Å². The van der Waals surface area contributed by atoms with Crippen LogP contribution in [0, 0.1) is 5.92 Å². The van der Waals surface area contributed by atoms with Gasteiger partial charge < -0.3 is 14.9 Å². The van der Waals surface area contributed by atoms with Crippen LogP contribution >= 0.6 is 0 Å². The molecule has 1 aliphatic heterocycles. The molecule has 0 aliphatic carbocycles. The van der Waals surface area contributed by atoms with Gasteiger partial charge in [-0.25, -0.2) is 4.79 Å². The maximum atomic E-state index is 12.2. The third-order valence-corrected chi connectivity index (χ3v) is 3.37. The molecule has 2 amide bonds. The van der Waals surface area contributed by atoms with E-state index in [0.717, 1.165) is 13.0 Å². The van der Waals surface area contributed by atoms with E-state index in [4.69, 9.17) is 5.11 Å². The van der Waals surface area contributed by atoms with Gasteiger partial charge in [0.05, 0.1) is 6.54 Å². The van der Waals surface area contributed by atoms with Crippen molar-refractivity contribution in [3.05, 3.63) is 0 Å². The lowest BCUT2D eigenvalue weighted by Crippen LogP contribution is -2.53. The van der Waals surface area contributed by atoms with Gasteiger partial charge in [0.15, 0.2) is 0 Å². The van der Waals surface area contributed by atoms with Gasteiger partial charge in [-0.05, 0) is 12.3 Å². The fraction of sp³-hybridized carbons (Fsp3) is 0.846. The molecule has 0 saturated carbocycles. The lowest BCUT2D eigenvalue weighted by molar-refractivity contribution is -0.138. The van der Waals surface area contributed by atoms with Crippen molar-refractivity contribution in [2.45, 2.75) is 20.3 Å². The molecular weight excluding hydrogens is 246 g/mol. The zero-order valence-electron chi connectivity index (χ0n) is 12.1. The minimum Gasteiger partial charge on any atom is -0.480 e. The van der Waals surface area contributed by atoms with Crippen LogP contribution in [0.25, 0.3) is 0 Å². The quantitative estimate of drug-likeness (QED) is 0.803. The average Bonchev–Trinajstić information content (AvgIpc) is 2.35. The Kier molecular flexibility index (Phi) is 6.08. The Morgan fingerprint density at radius 1 is 1.21 bits per heavy atom. The molecule has 0 aromatic heterocycles. The van der Waals surface area contributed by atoms with E-state index in [9.17, 15) is 9.59 Å². The summed E-state index contributed by atoms with van der Waals surface area (Å²) in [6.07, 6.45) is 1.00. The van der Waals surface area contributed by atoms with E-state index in [1.807, 2.05) is 11.9 Å². The predicted molar refractivity (Wildman–Crippen MR) is 73.1 cm³/mol. The number of nitrogens with zero attached hydrogens (tertiary/aromatic N) is 3. The molecule has 0 atom stereocenters. The molecule has 19 heavy (non-hydrogen) atoms. The van der Waals surface area contributed by atoms with Crippen molar-refractivity contribution in [1.82, 2.24) is 14.7 Å². The summed E-state index contributed by atoms with van der Waals surface area (Å²) in [6, 6.07) is 0.0515. The largest absolute Gasteiger partial charge is 0.480 e. The van der Waals surface area contributed by atoms with Crippen molar-refractivity contribution < 1.29 is 14.7 Å². The van der Waals surface area contributed by atoms with Crippen LogP contribution in [0.3, 0.4) is 0 Å². The molecule has 1 rings (SSSR count). The van der Waals surface area contributed by atoms with Crippen LogP contribution in [0.4, 0.5) is 4.79 Å². The van der Waals surface area contributed by atoms with Gasteiger partial charge in [0, 0.05) is 39.8 Å². The Hall–Kier alpha value is -1.30. The average molecular weight is 271 g/mol. The van der Waals surface area contributed by atoms with E-state index >= 15 is 0 Å². The van der Waals surface area contributed by atoms with Gasteiger partial charge in [-0.3, -0.25) is 9.69 Å². The minimum atomic E-state index is -0.811. The van der Waals surface area contributed by atoms with Crippen molar-refractivity contribution in [3.8, 4) is 0 Å². The lowest BCUT2D eigenvalue weighted by atomic mass is 10.1. The Bertz CT molecular complexity index is 312. The van der Waals surface area contributed by atoms with Crippen LogP contribution in [0.15, 0.2) is 0 Å². The van der Waals surface area contributed by atoms with E-state index in [2.05, 4.69) is 13.8 Å². The zero-order chi connectivity index (χ0) is 14.4. The standard InChI is InChI=1S/C13H25N3O3/c1-11(2)4-5-14(3)13(19)16-8-6-15(7-9-16)10-12(17)18/h11H,4-10H2,1-3H3,(H,17,18). The molecule has 110 valence electrons. The molecule has 0 radical (unpaired) electrons. The number of piperazine rings is 1. The molecule has 6 heteroatoms. The second-order valence-electron chi connectivity index (χ2n) is 5.54. The molecular formula is C13H25N3O3. The number of rotatable bonds is 5. The lowest BCUT2D eigenvalue weighted by Gasteiger charge is -2.36. The van der Waals surface area contributed by atoms with Crippen molar-refractivity contribution >= 4 is 12.0 Å². The Labute approximate surface area is 115 Å². The molecule has 0 bridgehead atoms. The number of aliphatic carboxylic acids is 1. The molecule has 0 spiro atoms.